The van der Waals surface area contributed by atoms with Gasteiger partial charge in [-0.15, -0.1) is 0 Å². The van der Waals surface area contributed by atoms with Crippen molar-refractivity contribution >= 4 is 28.5 Å². The smallest absolute Gasteiger partial charge is 0.376 e. The van der Waals surface area contributed by atoms with Gasteiger partial charge in [-0.3, -0.25) is 4.79 Å². The Bertz CT molecular complexity index is 685. The molecule has 0 aliphatic heterocycles. The van der Waals surface area contributed by atoms with E-state index in [9.17, 15) is 9.59 Å². The summed E-state index contributed by atoms with van der Waals surface area (Å²) in [4.78, 5) is 24.2. The van der Waals surface area contributed by atoms with Gasteiger partial charge >= 0.3 is 5.97 Å². The van der Waals surface area contributed by atoms with Crippen LogP contribution in [0.1, 0.15) is 36.7 Å². The predicted molar refractivity (Wildman–Crippen MR) is 78.1 cm³/mol. The number of rotatable bonds is 4. The molecule has 5 nitrogen and oxygen atoms in total. The minimum absolute atomic E-state index is 0.0358. The minimum Gasteiger partial charge on any atom is -0.460 e. The standard InChI is InChI=1S/C16H17NO4/c1-2-20-16(19)14-13(17-15(18)10-6-5-7-10)11-8-3-4-9-12(11)21-14/h3-4,8-10H,2,5-7H2,1H3,(H,17,18). The highest BCUT2D eigenvalue weighted by Crippen LogP contribution is 2.34. The van der Waals surface area contributed by atoms with Gasteiger partial charge in [0, 0.05) is 11.3 Å². The van der Waals surface area contributed by atoms with Gasteiger partial charge < -0.3 is 14.5 Å². The zero-order valence-corrected chi connectivity index (χ0v) is 11.8. The predicted octanol–water partition coefficient (Wildman–Crippen LogP) is 3.35. The first-order valence-corrected chi connectivity index (χ1v) is 7.20. The minimum atomic E-state index is -0.558. The lowest BCUT2D eigenvalue weighted by molar-refractivity contribution is -0.122. The number of amides is 1. The van der Waals surface area contributed by atoms with E-state index in [2.05, 4.69) is 5.32 Å². The van der Waals surface area contributed by atoms with E-state index in [1.165, 1.54) is 0 Å². The quantitative estimate of drug-likeness (QED) is 0.876. The third-order valence-electron chi connectivity index (χ3n) is 3.78. The number of carbonyl (C=O) groups excluding carboxylic acids is 2. The fraction of sp³-hybridized carbons (Fsp3) is 0.375. The Labute approximate surface area is 122 Å². The SMILES string of the molecule is CCOC(=O)c1oc2ccccc2c1NC(=O)C1CCC1. The topological polar surface area (TPSA) is 68.5 Å². The van der Waals surface area contributed by atoms with Crippen LogP contribution in [0.15, 0.2) is 28.7 Å². The molecular formula is C16H17NO4. The van der Waals surface area contributed by atoms with Crippen LogP contribution in [0.5, 0.6) is 0 Å². The molecular weight excluding hydrogens is 270 g/mol. The lowest BCUT2D eigenvalue weighted by Crippen LogP contribution is -2.28. The van der Waals surface area contributed by atoms with Crippen molar-refractivity contribution in [3.63, 3.8) is 0 Å². The van der Waals surface area contributed by atoms with Gasteiger partial charge in [0.1, 0.15) is 11.3 Å². The average molecular weight is 287 g/mol. The fourth-order valence-electron chi connectivity index (χ4n) is 2.41. The summed E-state index contributed by atoms with van der Waals surface area (Å²) in [7, 11) is 0. The number of fused-ring (bicyclic) bond motifs is 1. The number of para-hydroxylation sites is 1. The van der Waals surface area contributed by atoms with Crippen molar-refractivity contribution in [3.8, 4) is 0 Å². The number of carbonyl (C=O) groups is 2. The van der Waals surface area contributed by atoms with Crippen LogP contribution in [0.2, 0.25) is 0 Å². The lowest BCUT2D eigenvalue weighted by Gasteiger charge is -2.23. The third-order valence-corrected chi connectivity index (χ3v) is 3.78. The van der Waals surface area contributed by atoms with Crippen LogP contribution in [-0.2, 0) is 9.53 Å². The number of nitrogens with one attached hydrogen (secondary N) is 1. The molecule has 1 fully saturated rings. The number of hydrogen-bond donors (Lipinski definition) is 1. The van der Waals surface area contributed by atoms with Gasteiger partial charge in [-0.1, -0.05) is 18.6 Å². The van der Waals surface area contributed by atoms with Crippen molar-refractivity contribution in [1.29, 1.82) is 0 Å². The largest absolute Gasteiger partial charge is 0.460 e. The lowest BCUT2D eigenvalue weighted by atomic mass is 9.85. The highest BCUT2D eigenvalue weighted by molar-refractivity contribution is 6.09. The Morgan fingerprint density at radius 1 is 1.33 bits per heavy atom. The van der Waals surface area contributed by atoms with Crippen molar-refractivity contribution in [2.75, 3.05) is 11.9 Å². The zero-order chi connectivity index (χ0) is 14.8. The first kappa shape index (κ1) is 13.7. The van der Waals surface area contributed by atoms with E-state index >= 15 is 0 Å². The Kier molecular flexibility index (Phi) is 3.64. The molecule has 0 saturated heterocycles. The molecule has 0 unspecified atom stereocenters. The summed E-state index contributed by atoms with van der Waals surface area (Å²) < 4.78 is 10.6. The van der Waals surface area contributed by atoms with E-state index < -0.39 is 5.97 Å². The average Bonchev–Trinajstić information content (AvgIpc) is 2.76. The monoisotopic (exact) mass is 287 g/mol. The van der Waals surface area contributed by atoms with Crippen molar-refractivity contribution in [3.05, 3.63) is 30.0 Å². The van der Waals surface area contributed by atoms with Gasteiger partial charge in [-0.2, -0.15) is 0 Å². The summed E-state index contributed by atoms with van der Waals surface area (Å²) in [5, 5.41) is 3.56. The Morgan fingerprint density at radius 3 is 2.76 bits per heavy atom. The Balaban J connectivity index is 1.98. The highest BCUT2D eigenvalue weighted by atomic mass is 16.5. The molecule has 3 rings (SSSR count). The molecule has 0 radical (unpaired) electrons. The number of hydrogen-bond acceptors (Lipinski definition) is 4. The van der Waals surface area contributed by atoms with Crippen LogP contribution in [-0.4, -0.2) is 18.5 Å². The van der Waals surface area contributed by atoms with E-state index in [1.807, 2.05) is 18.2 Å². The van der Waals surface area contributed by atoms with E-state index in [0.717, 1.165) is 19.3 Å². The second kappa shape index (κ2) is 5.60. The van der Waals surface area contributed by atoms with Crippen LogP contribution < -0.4 is 5.32 Å². The van der Waals surface area contributed by atoms with Crippen molar-refractivity contribution < 1.29 is 18.7 Å². The van der Waals surface area contributed by atoms with Gasteiger partial charge in [0.05, 0.1) is 6.61 Å². The van der Waals surface area contributed by atoms with Crippen molar-refractivity contribution in [2.45, 2.75) is 26.2 Å². The maximum absolute atomic E-state index is 12.2. The van der Waals surface area contributed by atoms with Gasteiger partial charge in [0.15, 0.2) is 0 Å². The summed E-state index contributed by atoms with van der Waals surface area (Å²) in [6.07, 6.45) is 2.88. The number of furan rings is 1. The molecule has 0 atom stereocenters. The first-order valence-electron chi connectivity index (χ1n) is 7.20. The number of benzene rings is 1. The van der Waals surface area contributed by atoms with Crippen LogP contribution in [0.25, 0.3) is 11.0 Å². The van der Waals surface area contributed by atoms with E-state index in [1.54, 1.807) is 13.0 Å². The van der Waals surface area contributed by atoms with Gasteiger partial charge in [0.25, 0.3) is 0 Å². The van der Waals surface area contributed by atoms with Gasteiger partial charge in [0.2, 0.25) is 11.7 Å². The molecule has 0 spiro atoms. The summed E-state index contributed by atoms with van der Waals surface area (Å²) in [6.45, 7) is 1.99. The Hall–Kier alpha value is -2.30. The molecule has 5 heteroatoms. The van der Waals surface area contributed by atoms with E-state index in [-0.39, 0.29) is 24.2 Å². The molecule has 1 aliphatic rings. The molecule has 0 bridgehead atoms. The van der Waals surface area contributed by atoms with Crippen LogP contribution >= 0.6 is 0 Å². The van der Waals surface area contributed by atoms with Gasteiger partial charge in [-0.05, 0) is 31.9 Å². The summed E-state index contributed by atoms with van der Waals surface area (Å²) >= 11 is 0. The summed E-state index contributed by atoms with van der Waals surface area (Å²) in [5.74, 6) is -0.518. The second-order valence-electron chi connectivity index (χ2n) is 5.14. The number of esters is 1. The fourth-order valence-corrected chi connectivity index (χ4v) is 2.41. The number of anilines is 1. The van der Waals surface area contributed by atoms with E-state index in [4.69, 9.17) is 9.15 Å². The van der Waals surface area contributed by atoms with Gasteiger partial charge in [-0.25, -0.2) is 4.79 Å². The highest BCUT2D eigenvalue weighted by Gasteiger charge is 2.29. The second-order valence-corrected chi connectivity index (χ2v) is 5.14. The summed E-state index contributed by atoms with van der Waals surface area (Å²) in [6, 6.07) is 7.24. The molecule has 1 heterocycles. The van der Waals surface area contributed by atoms with Crippen LogP contribution in [0.3, 0.4) is 0 Å². The zero-order valence-electron chi connectivity index (χ0n) is 11.8. The molecule has 1 aromatic carbocycles. The van der Waals surface area contributed by atoms with Crippen molar-refractivity contribution in [2.24, 2.45) is 5.92 Å². The van der Waals surface area contributed by atoms with Crippen molar-refractivity contribution in [1.82, 2.24) is 0 Å². The molecule has 21 heavy (non-hydrogen) atoms. The molecule has 1 amide bonds. The third kappa shape index (κ3) is 2.51. The molecule has 1 aromatic heterocycles. The molecule has 2 aromatic rings. The molecule has 1 aliphatic carbocycles. The van der Waals surface area contributed by atoms with Crippen LogP contribution in [0.4, 0.5) is 5.69 Å². The van der Waals surface area contributed by atoms with Crippen LogP contribution in [0, 0.1) is 5.92 Å². The summed E-state index contributed by atoms with van der Waals surface area (Å²) in [5.41, 5.74) is 0.977. The Morgan fingerprint density at radius 2 is 2.10 bits per heavy atom. The first-order chi connectivity index (χ1) is 10.2. The molecule has 110 valence electrons. The maximum atomic E-state index is 12.2. The molecule has 1 saturated carbocycles. The van der Waals surface area contributed by atoms with E-state index in [0.29, 0.717) is 16.7 Å². The maximum Gasteiger partial charge on any atom is 0.376 e. The molecule has 1 N–H and O–H groups in total. The normalized spacial score (nSPS) is 14.7. The number of ether oxygens (including phenoxy) is 1.